The summed E-state index contributed by atoms with van der Waals surface area (Å²) in [5, 5.41) is 16.8. The van der Waals surface area contributed by atoms with Gasteiger partial charge in [0.1, 0.15) is 0 Å². The molecule has 0 aromatic carbocycles. The SMILES string of the molecule is CSCCC(O)C(=O)O.[Co]. The Morgan fingerprint density at radius 2 is 2.20 bits per heavy atom. The number of aliphatic carboxylic acids is 1. The van der Waals surface area contributed by atoms with Gasteiger partial charge in [-0.3, -0.25) is 0 Å². The number of thioether (sulfide) groups is 1. The number of carboxylic acids is 1. The average Bonchev–Trinajstić information content (AvgIpc) is 1.82. The van der Waals surface area contributed by atoms with E-state index in [0.29, 0.717) is 12.2 Å². The van der Waals surface area contributed by atoms with Crippen molar-refractivity contribution in [2.75, 3.05) is 12.0 Å². The summed E-state index contributed by atoms with van der Waals surface area (Å²) < 4.78 is 0. The van der Waals surface area contributed by atoms with Crippen LogP contribution in [0.15, 0.2) is 0 Å². The zero-order chi connectivity index (χ0) is 7.28. The summed E-state index contributed by atoms with van der Waals surface area (Å²) in [6.45, 7) is 0. The van der Waals surface area contributed by atoms with Gasteiger partial charge in [-0.2, -0.15) is 11.8 Å². The Labute approximate surface area is 74.4 Å². The van der Waals surface area contributed by atoms with E-state index in [1.54, 1.807) is 0 Å². The van der Waals surface area contributed by atoms with Crippen LogP contribution in [0.2, 0.25) is 0 Å². The van der Waals surface area contributed by atoms with Gasteiger partial charge in [0, 0.05) is 16.8 Å². The molecule has 0 aliphatic heterocycles. The molecule has 0 heterocycles. The molecule has 0 aromatic rings. The predicted molar refractivity (Wildman–Crippen MR) is 36.6 cm³/mol. The van der Waals surface area contributed by atoms with Crippen LogP contribution in [0.4, 0.5) is 0 Å². The maximum absolute atomic E-state index is 9.95. The van der Waals surface area contributed by atoms with Crippen molar-refractivity contribution in [2.45, 2.75) is 12.5 Å². The van der Waals surface area contributed by atoms with E-state index in [-0.39, 0.29) is 16.8 Å². The molecular weight excluding hydrogens is 199 g/mol. The molecule has 0 amide bonds. The molecule has 3 nitrogen and oxygen atoms in total. The van der Waals surface area contributed by atoms with Crippen LogP contribution in [0.1, 0.15) is 6.42 Å². The zero-order valence-corrected chi connectivity index (χ0v) is 7.39. The number of hydrogen-bond donors (Lipinski definition) is 2. The van der Waals surface area contributed by atoms with E-state index in [1.807, 2.05) is 6.26 Å². The van der Waals surface area contributed by atoms with Crippen molar-refractivity contribution in [2.24, 2.45) is 0 Å². The van der Waals surface area contributed by atoms with Crippen LogP contribution in [0.5, 0.6) is 0 Å². The molecule has 0 aromatic heterocycles. The predicted octanol–water partition coefficient (Wildman–Crippen LogP) is 0.182. The van der Waals surface area contributed by atoms with Gasteiger partial charge in [0.05, 0.1) is 0 Å². The summed E-state index contributed by atoms with van der Waals surface area (Å²) in [4.78, 5) is 9.95. The molecule has 10 heavy (non-hydrogen) atoms. The van der Waals surface area contributed by atoms with Crippen molar-refractivity contribution in [3.8, 4) is 0 Å². The van der Waals surface area contributed by atoms with Gasteiger partial charge in [0.15, 0.2) is 6.10 Å². The van der Waals surface area contributed by atoms with Gasteiger partial charge in [0.2, 0.25) is 0 Å². The van der Waals surface area contributed by atoms with Crippen molar-refractivity contribution in [3.63, 3.8) is 0 Å². The number of carbonyl (C=O) groups is 1. The molecule has 0 saturated carbocycles. The van der Waals surface area contributed by atoms with Crippen molar-refractivity contribution < 1.29 is 31.8 Å². The molecule has 0 bridgehead atoms. The normalized spacial score (nSPS) is 11.8. The molecule has 63 valence electrons. The van der Waals surface area contributed by atoms with E-state index in [4.69, 9.17) is 10.2 Å². The fourth-order valence-corrected chi connectivity index (χ4v) is 0.812. The van der Waals surface area contributed by atoms with Gasteiger partial charge < -0.3 is 10.2 Å². The van der Waals surface area contributed by atoms with Crippen LogP contribution >= 0.6 is 11.8 Å². The molecule has 1 unspecified atom stereocenters. The zero-order valence-electron chi connectivity index (χ0n) is 5.54. The Kier molecular flexibility index (Phi) is 9.55. The number of carboxylic acid groups (broad SMARTS) is 1. The maximum Gasteiger partial charge on any atom is 0.332 e. The van der Waals surface area contributed by atoms with Crippen LogP contribution in [0.25, 0.3) is 0 Å². The van der Waals surface area contributed by atoms with Crippen LogP contribution in [0, 0.1) is 0 Å². The van der Waals surface area contributed by atoms with Gasteiger partial charge in [-0.15, -0.1) is 0 Å². The molecule has 1 radical (unpaired) electrons. The average molecular weight is 209 g/mol. The van der Waals surface area contributed by atoms with Crippen molar-refractivity contribution in [1.82, 2.24) is 0 Å². The fourth-order valence-electron chi connectivity index (χ4n) is 0.353. The molecule has 0 rings (SSSR count). The Bertz CT molecular complexity index is 98.9. The van der Waals surface area contributed by atoms with Gasteiger partial charge in [-0.25, -0.2) is 4.79 Å². The molecule has 2 N–H and O–H groups in total. The third kappa shape index (κ3) is 6.41. The first kappa shape index (κ1) is 12.9. The maximum atomic E-state index is 9.95. The molecule has 5 heteroatoms. The molecule has 0 fully saturated rings. The summed E-state index contributed by atoms with van der Waals surface area (Å²) in [6, 6.07) is 0. The van der Waals surface area contributed by atoms with Crippen molar-refractivity contribution in [3.05, 3.63) is 0 Å². The van der Waals surface area contributed by atoms with E-state index >= 15 is 0 Å². The van der Waals surface area contributed by atoms with E-state index in [0.717, 1.165) is 0 Å². The molecule has 1 atom stereocenters. The second-order valence-electron chi connectivity index (χ2n) is 1.64. The number of aliphatic hydroxyl groups is 1. The molecule has 0 saturated heterocycles. The Morgan fingerprint density at radius 3 is 2.50 bits per heavy atom. The summed E-state index contributed by atoms with van der Waals surface area (Å²) in [5.41, 5.74) is 0. The Hall–Kier alpha value is 0.286. The van der Waals surface area contributed by atoms with E-state index in [1.165, 1.54) is 11.8 Å². The summed E-state index contributed by atoms with van der Waals surface area (Å²) >= 11 is 1.52. The topological polar surface area (TPSA) is 57.5 Å². The third-order valence-electron chi connectivity index (χ3n) is 0.880. The standard InChI is InChI=1S/C5H10O3S.Co/c1-9-3-2-4(6)5(7)8;/h4,6H,2-3H2,1H3,(H,7,8);. The van der Waals surface area contributed by atoms with Gasteiger partial charge in [-0.05, 0) is 18.4 Å². The monoisotopic (exact) mass is 209 g/mol. The number of hydrogen-bond acceptors (Lipinski definition) is 3. The largest absolute Gasteiger partial charge is 0.479 e. The van der Waals surface area contributed by atoms with Crippen molar-refractivity contribution in [1.29, 1.82) is 0 Å². The fraction of sp³-hybridized carbons (Fsp3) is 0.800. The first-order chi connectivity index (χ1) is 4.18. The molecule has 0 aliphatic carbocycles. The van der Waals surface area contributed by atoms with Gasteiger partial charge >= 0.3 is 5.97 Å². The van der Waals surface area contributed by atoms with Crippen LogP contribution in [-0.4, -0.2) is 34.3 Å². The quantitative estimate of drug-likeness (QED) is 0.693. The third-order valence-corrected chi connectivity index (χ3v) is 1.52. The number of rotatable bonds is 4. The smallest absolute Gasteiger partial charge is 0.332 e. The van der Waals surface area contributed by atoms with Crippen LogP contribution < -0.4 is 0 Å². The number of aliphatic hydroxyl groups excluding tert-OH is 1. The minimum absolute atomic E-state index is 0. The van der Waals surface area contributed by atoms with Crippen molar-refractivity contribution >= 4 is 17.7 Å². The molecular formula is C5H10CoO3S. The van der Waals surface area contributed by atoms with Gasteiger partial charge in [0.25, 0.3) is 0 Å². The molecule has 0 spiro atoms. The van der Waals surface area contributed by atoms with Crippen LogP contribution in [-0.2, 0) is 21.6 Å². The van der Waals surface area contributed by atoms with E-state index in [2.05, 4.69) is 0 Å². The Morgan fingerprint density at radius 1 is 1.70 bits per heavy atom. The minimum atomic E-state index is -1.18. The van der Waals surface area contributed by atoms with Gasteiger partial charge in [-0.1, -0.05) is 0 Å². The van der Waals surface area contributed by atoms with E-state index < -0.39 is 12.1 Å². The second-order valence-corrected chi connectivity index (χ2v) is 2.62. The summed E-state index contributed by atoms with van der Waals surface area (Å²) in [6.07, 6.45) is 1.02. The summed E-state index contributed by atoms with van der Waals surface area (Å²) in [7, 11) is 0. The first-order valence-corrected chi connectivity index (χ1v) is 3.97. The van der Waals surface area contributed by atoms with E-state index in [9.17, 15) is 4.79 Å². The molecule has 0 aliphatic rings. The van der Waals surface area contributed by atoms with Crippen LogP contribution in [0.3, 0.4) is 0 Å². The summed E-state index contributed by atoms with van der Waals surface area (Å²) in [5.74, 6) is -0.447. The Balaban J connectivity index is 0. The second kappa shape index (κ2) is 7.39. The minimum Gasteiger partial charge on any atom is -0.479 e. The first-order valence-electron chi connectivity index (χ1n) is 2.58.